The second kappa shape index (κ2) is 16.2. The van der Waals surface area contributed by atoms with Crippen molar-refractivity contribution in [2.24, 2.45) is 0 Å². The van der Waals surface area contributed by atoms with Gasteiger partial charge in [-0.05, 0) is 51.6 Å². The second-order valence-electron chi connectivity index (χ2n) is 10.9. The maximum atomic E-state index is 12.7. The molecule has 228 valence electrons. The maximum Gasteiger partial charge on any atom is 0.147 e. The lowest BCUT2D eigenvalue weighted by Gasteiger charge is -2.14. The van der Waals surface area contributed by atoms with E-state index in [1.807, 2.05) is 109 Å². The van der Waals surface area contributed by atoms with Crippen molar-refractivity contribution in [1.29, 1.82) is 0 Å². The van der Waals surface area contributed by atoms with Crippen molar-refractivity contribution in [3.63, 3.8) is 0 Å². The molecule has 5 nitrogen and oxygen atoms in total. The number of aliphatic hydroxyl groups excluding tert-OH is 1. The zero-order chi connectivity index (χ0) is 30.7. The minimum absolute atomic E-state index is 0. The van der Waals surface area contributed by atoms with Gasteiger partial charge in [0, 0.05) is 54.3 Å². The summed E-state index contributed by atoms with van der Waals surface area (Å²) in [5, 5.41) is 13.9. The number of rotatable bonds is 10. The van der Waals surface area contributed by atoms with E-state index in [2.05, 4.69) is 23.0 Å². The molecule has 6 aromatic rings. The number of aliphatic hydroxyl groups is 1. The fourth-order valence-electron chi connectivity index (χ4n) is 5.55. The fraction of sp³-hybridized carbons (Fsp3) is 0.200. The Morgan fingerprint density at radius 1 is 0.600 bits per heavy atom. The highest BCUT2D eigenvalue weighted by atomic mass is 16.3. The summed E-state index contributed by atoms with van der Waals surface area (Å²) in [7, 11) is 0. The van der Waals surface area contributed by atoms with Crippen LogP contribution < -0.4 is 0 Å². The number of ketones is 2. The smallest absolute Gasteiger partial charge is 0.147 e. The zero-order valence-corrected chi connectivity index (χ0v) is 24.8. The summed E-state index contributed by atoms with van der Waals surface area (Å²) < 4.78 is 0. The first-order valence-electron chi connectivity index (χ1n) is 15.0. The Morgan fingerprint density at radius 3 is 1.49 bits per heavy atom. The third kappa shape index (κ3) is 8.55. The van der Waals surface area contributed by atoms with Gasteiger partial charge in [0.05, 0.1) is 12.5 Å². The number of fused-ring (bicyclic) bond motifs is 2. The first-order chi connectivity index (χ1) is 21.6. The van der Waals surface area contributed by atoms with Crippen LogP contribution in [0.3, 0.4) is 0 Å². The van der Waals surface area contributed by atoms with Crippen LogP contribution in [0.4, 0.5) is 0 Å². The van der Waals surface area contributed by atoms with Crippen molar-refractivity contribution in [3.8, 4) is 0 Å². The highest BCUT2D eigenvalue weighted by Crippen LogP contribution is 2.24. The SMILES string of the molecule is C.CCC(C(=O)Cc1ccc2cnccc2c1)c1ccccc1.O=C(Cc1ccc2cnccc2c1)C(CO)c1ccccc1. The number of carbonyl (C=O) groups excluding carboxylic acids is 2. The van der Waals surface area contributed by atoms with E-state index < -0.39 is 5.92 Å². The highest BCUT2D eigenvalue weighted by molar-refractivity contribution is 5.90. The lowest BCUT2D eigenvalue weighted by molar-refractivity contribution is -0.121. The van der Waals surface area contributed by atoms with Gasteiger partial charge in [0.2, 0.25) is 0 Å². The molecule has 2 atom stereocenters. The largest absolute Gasteiger partial charge is 0.395 e. The average molecular weight is 597 g/mol. The average Bonchev–Trinajstić information content (AvgIpc) is 3.06. The third-order valence-corrected chi connectivity index (χ3v) is 7.94. The van der Waals surface area contributed by atoms with Crippen molar-refractivity contribution in [1.82, 2.24) is 9.97 Å². The van der Waals surface area contributed by atoms with E-state index in [1.54, 1.807) is 18.6 Å². The summed E-state index contributed by atoms with van der Waals surface area (Å²) in [4.78, 5) is 33.4. The Morgan fingerprint density at radius 2 is 1.04 bits per heavy atom. The summed E-state index contributed by atoms with van der Waals surface area (Å²) in [6.07, 6.45) is 8.81. The molecule has 0 saturated heterocycles. The van der Waals surface area contributed by atoms with E-state index in [1.165, 1.54) is 0 Å². The predicted octanol–water partition coefficient (Wildman–Crippen LogP) is 8.30. The number of carbonyl (C=O) groups is 2. The number of Topliss-reactive ketones (excluding diaryl/α,β-unsaturated/α-hetero) is 2. The molecule has 2 unspecified atom stereocenters. The van der Waals surface area contributed by atoms with Gasteiger partial charge in [-0.15, -0.1) is 0 Å². The number of pyridine rings is 2. The van der Waals surface area contributed by atoms with Crippen LogP contribution in [0.15, 0.2) is 134 Å². The van der Waals surface area contributed by atoms with Gasteiger partial charge >= 0.3 is 0 Å². The van der Waals surface area contributed by atoms with E-state index in [0.29, 0.717) is 12.8 Å². The first kappa shape index (κ1) is 32.9. The molecule has 2 aromatic heterocycles. The summed E-state index contributed by atoms with van der Waals surface area (Å²) in [6.45, 7) is 1.90. The van der Waals surface area contributed by atoms with Crippen molar-refractivity contribution in [2.45, 2.75) is 45.4 Å². The Kier molecular flexibility index (Phi) is 11.8. The number of benzene rings is 4. The Balaban J connectivity index is 0.000000200. The molecule has 6 rings (SSSR count). The van der Waals surface area contributed by atoms with Gasteiger partial charge in [-0.1, -0.05) is 111 Å². The van der Waals surface area contributed by atoms with E-state index >= 15 is 0 Å². The van der Waals surface area contributed by atoms with Crippen LogP contribution in [0, 0.1) is 0 Å². The molecule has 0 aliphatic carbocycles. The van der Waals surface area contributed by atoms with Crippen LogP contribution in [0.5, 0.6) is 0 Å². The van der Waals surface area contributed by atoms with E-state index in [9.17, 15) is 14.7 Å². The van der Waals surface area contributed by atoms with Gasteiger partial charge in [0.1, 0.15) is 11.6 Å². The standard InChI is InChI=1S/C20H19NO.C19H17NO2.CH4/c1-2-19(16-6-4-3-5-7-16)20(22)13-15-8-9-18-14-21-11-10-17(18)12-15;21-13-18(15-4-2-1-3-5-15)19(22)11-14-6-7-17-12-20-9-8-16(17)10-14;/h3-12,14,19H,2,13H2,1H3;1-10,12,18,21H,11,13H2;1H4. The molecule has 45 heavy (non-hydrogen) atoms. The number of hydrogen-bond acceptors (Lipinski definition) is 5. The fourth-order valence-corrected chi connectivity index (χ4v) is 5.55. The summed E-state index contributed by atoms with van der Waals surface area (Å²) >= 11 is 0. The zero-order valence-electron chi connectivity index (χ0n) is 24.8. The van der Waals surface area contributed by atoms with E-state index in [4.69, 9.17) is 0 Å². The molecular formula is C40H40N2O3. The van der Waals surface area contributed by atoms with E-state index in [0.717, 1.165) is 50.2 Å². The van der Waals surface area contributed by atoms with Crippen LogP contribution in [0.1, 0.15) is 54.9 Å². The molecule has 0 fully saturated rings. The number of nitrogens with zero attached hydrogens (tertiary/aromatic N) is 2. The summed E-state index contributed by atoms with van der Waals surface area (Å²) in [5.74, 6) is -0.173. The van der Waals surface area contributed by atoms with Crippen molar-refractivity contribution < 1.29 is 14.7 Å². The van der Waals surface area contributed by atoms with Crippen LogP contribution in [-0.4, -0.2) is 33.2 Å². The van der Waals surface area contributed by atoms with Gasteiger partial charge < -0.3 is 5.11 Å². The molecule has 0 spiro atoms. The second-order valence-corrected chi connectivity index (χ2v) is 10.9. The molecule has 0 saturated carbocycles. The van der Waals surface area contributed by atoms with Crippen molar-refractivity contribution in [3.05, 3.63) is 156 Å². The minimum Gasteiger partial charge on any atom is -0.395 e. The lowest BCUT2D eigenvalue weighted by atomic mass is 9.89. The van der Waals surface area contributed by atoms with Gasteiger partial charge in [-0.3, -0.25) is 19.6 Å². The molecule has 4 aromatic carbocycles. The Hall–Kier alpha value is -5.00. The van der Waals surface area contributed by atoms with Crippen LogP contribution >= 0.6 is 0 Å². The van der Waals surface area contributed by atoms with Gasteiger partial charge in [-0.2, -0.15) is 0 Å². The predicted molar refractivity (Wildman–Crippen MR) is 183 cm³/mol. The van der Waals surface area contributed by atoms with Gasteiger partial charge in [0.25, 0.3) is 0 Å². The molecule has 0 aliphatic heterocycles. The van der Waals surface area contributed by atoms with Gasteiger partial charge in [-0.25, -0.2) is 0 Å². The van der Waals surface area contributed by atoms with Crippen molar-refractivity contribution >= 4 is 33.1 Å². The van der Waals surface area contributed by atoms with Crippen LogP contribution in [0.2, 0.25) is 0 Å². The molecule has 0 radical (unpaired) electrons. The minimum atomic E-state index is -0.464. The topological polar surface area (TPSA) is 80.2 Å². The molecular weight excluding hydrogens is 556 g/mol. The Bertz CT molecular complexity index is 1700. The highest BCUT2D eigenvalue weighted by Gasteiger charge is 2.20. The van der Waals surface area contributed by atoms with Crippen LogP contribution in [-0.2, 0) is 22.4 Å². The third-order valence-electron chi connectivity index (χ3n) is 7.94. The van der Waals surface area contributed by atoms with E-state index in [-0.39, 0.29) is 31.5 Å². The molecule has 2 heterocycles. The molecule has 1 N–H and O–H groups in total. The lowest BCUT2D eigenvalue weighted by Crippen LogP contribution is -2.18. The quantitative estimate of drug-likeness (QED) is 0.172. The maximum absolute atomic E-state index is 12.7. The van der Waals surface area contributed by atoms with Crippen molar-refractivity contribution in [2.75, 3.05) is 6.61 Å². The summed E-state index contributed by atoms with van der Waals surface area (Å²) in [5.41, 5.74) is 4.00. The summed E-state index contributed by atoms with van der Waals surface area (Å²) in [6, 6.07) is 35.5. The number of aromatic nitrogens is 2. The molecule has 0 amide bonds. The monoisotopic (exact) mass is 596 g/mol. The molecule has 0 aliphatic rings. The number of hydrogen-bond donors (Lipinski definition) is 1. The molecule has 5 heteroatoms. The Labute approximate surface area is 265 Å². The first-order valence-corrected chi connectivity index (χ1v) is 15.0. The van der Waals surface area contributed by atoms with Crippen LogP contribution in [0.25, 0.3) is 21.5 Å². The van der Waals surface area contributed by atoms with Gasteiger partial charge in [0.15, 0.2) is 0 Å². The normalized spacial score (nSPS) is 12.0. The molecule has 0 bridgehead atoms.